The van der Waals surface area contributed by atoms with Gasteiger partial charge in [0.1, 0.15) is 39.8 Å². The first-order valence-electron chi connectivity index (χ1n) is 7.96. The number of methoxy groups -OCH3 is 1. The summed E-state index contributed by atoms with van der Waals surface area (Å²) in [6.07, 6.45) is 0. The summed E-state index contributed by atoms with van der Waals surface area (Å²) in [4.78, 5) is 16.6. The summed E-state index contributed by atoms with van der Waals surface area (Å²) in [5.74, 6) is 1.07. The zero-order chi connectivity index (χ0) is 18.6. The van der Waals surface area contributed by atoms with Gasteiger partial charge in [-0.2, -0.15) is 0 Å². The number of anilines is 1. The van der Waals surface area contributed by atoms with Gasteiger partial charge in [0.2, 0.25) is 0 Å². The van der Waals surface area contributed by atoms with Gasteiger partial charge in [0.15, 0.2) is 0 Å². The van der Waals surface area contributed by atoms with Crippen LogP contribution in [0.25, 0.3) is 11.0 Å². The van der Waals surface area contributed by atoms with E-state index in [1.54, 1.807) is 55.0 Å². The Morgan fingerprint density at radius 2 is 1.89 bits per heavy atom. The van der Waals surface area contributed by atoms with Crippen molar-refractivity contribution in [3.8, 4) is 11.5 Å². The number of nitrogens with one attached hydrogen (secondary N) is 1. The number of benzene rings is 2. The minimum atomic E-state index is -0.280. The fourth-order valence-electron chi connectivity index (χ4n) is 2.35. The summed E-state index contributed by atoms with van der Waals surface area (Å²) < 4.78 is 15.5. The minimum absolute atomic E-state index is 0.247. The smallest absolute Gasteiger partial charge is 0.275 e. The van der Waals surface area contributed by atoms with Crippen LogP contribution in [-0.4, -0.2) is 28.3 Å². The fourth-order valence-corrected chi connectivity index (χ4v) is 3.03. The topological polar surface area (TPSA) is 99.4 Å². The SMILES string of the molecule is COc1ccc(NC(=O)c2csc(COc3ccc4nonc4c3)n2)cc1. The van der Waals surface area contributed by atoms with Crippen molar-refractivity contribution in [3.05, 3.63) is 58.5 Å². The largest absolute Gasteiger partial charge is 0.497 e. The van der Waals surface area contributed by atoms with Crippen LogP contribution in [0, 0.1) is 0 Å². The van der Waals surface area contributed by atoms with E-state index in [-0.39, 0.29) is 12.5 Å². The maximum Gasteiger partial charge on any atom is 0.275 e. The molecule has 2 heterocycles. The molecule has 0 radical (unpaired) electrons. The number of hydrogen-bond donors (Lipinski definition) is 1. The number of ether oxygens (including phenoxy) is 2. The Kier molecular flexibility index (Phi) is 4.67. The van der Waals surface area contributed by atoms with Crippen molar-refractivity contribution in [1.29, 1.82) is 0 Å². The Morgan fingerprint density at radius 3 is 2.70 bits per heavy atom. The molecule has 27 heavy (non-hydrogen) atoms. The first-order chi connectivity index (χ1) is 13.2. The van der Waals surface area contributed by atoms with Crippen LogP contribution >= 0.6 is 11.3 Å². The van der Waals surface area contributed by atoms with Gasteiger partial charge in [-0.25, -0.2) is 9.61 Å². The molecule has 2 aromatic carbocycles. The molecule has 9 heteroatoms. The lowest BCUT2D eigenvalue weighted by atomic mass is 10.3. The van der Waals surface area contributed by atoms with Gasteiger partial charge >= 0.3 is 0 Å². The Bertz CT molecular complexity index is 1070. The average Bonchev–Trinajstić information content (AvgIpc) is 3.36. The highest BCUT2D eigenvalue weighted by atomic mass is 32.1. The molecule has 0 unspecified atom stereocenters. The molecule has 0 aliphatic rings. The third-order valence-corrected chi connectivity index (χ3v) is 4.54. The summed E-state index contributed by atoms with van der Waals surface area (Å²) in [6, 6.07) is 12.4. The molecule has 4 rings (SSSR count). The molecule has 0 aliphatic heterocycles. The number of amides is 1. The Hall–Kier alpha value is -3.46. The highest BCUT2D eigenvalue weighted by Crippen LogP contribution is 2.20. The van der Waals surface area contributed by atoms with E-state index in [1.165, 1.54) is 11.3 Å². The molecule has 0 bridgehead atoms. The van der Waals surface area contributed by atoms with Crippen molar-refractivity contribution >= 4 is 34.0 Å². The molecular weight excluding hydrogens is 368 g/mol. The van der Waals surface area contributed by atoms with Crippen LogP contribution in [-0.2, 0) is 6.61 Å². The molecule has 1 N–H and O–H groups in total. The second-order valence-electron chi connectivity index (χ2n) is 5.51. The molecule has 0 aliphatic carbocycles. The van der Waals surface area contributed by atoms with Gasteiger partial charge in [-0.1, -0.05) is 0 Å². The van der Waals surface area contributed by atoms with E-state index in [0.29, 0.717) is 33.2 Å². The average molecular weight is 382 g/mol. The van der Waals surface area contributed by atoms with Crippen LogP contribution in [0.15, 0.2) is 52.5 Å². The zero-order valence-corrected chi connectivity index (χ0v) is 15.0. The molecule has 136 valence electrons. The highest BCUT2D eigenvalue weighted by Gasteiger charge is 2.12. The Balaban J connectivity index is 1.37. The van der Waals surface area contributed by atoms with E-state index in [1.807, 2.05) is 0 Å². The molecule has 4 aromatic rings. The fraction of sp³-hybridized carbons (Fsp3) is 0.111. The number of thiazole rings is 1. The van der Waals surface area contributed by atoms with Crippen molar-refractivity contribution in [1.82, 2.24) is 15.3 Å². The number of fused-ring (bicyclic) bond motifs is 1. The van der Waals surface area contributed by atoms with E-state index >= 15 is 0 Å². The van der Waals surface area contributed by atoms with Crippen molar-refractivity contribution in [2.24, 2.45) is 0 Å². The van der Waals surface area contributed by atoms with Gasteiger partial charge < -0.3 is 14.8 Å². The highest BCUT2D eigenvalue weighted by molar-refractivity contribution is 7.09. The van der Waals surface area contributed by atoms with Gasteiger partial charge in [0.05, 0.1) is 7.11 Å². The number of carbonyl (C=O) groups excluding carboxylic acids is 1. The lowest BCUT2D eigenvalue weighted by Gasteiger charge is -2.05. The van der Waals surface area contributed by atoms with Crippen LogP contribution in [0.1, 0.15) is 15.5 Å². The Labute approximate surface area is 157 Å². The van der Waals surface area contributed by atoms with E-state index in [4.69, 9.17) is 9.47 Å². The van der Waals surface area contributed by atoms with Gasteiger partial charge in [-0.15, -0.1) is 11.3 Å². The standard InChI is InChI=1S/C18H14N4O4S/c1-24-12-4-2-11(3-5-12)19-18(23)16-10-27-17(20-16)9-25-13-6-7-14-15(8-13)22-26-21-14/h2-8,10H,9H2,1H3,(H,19,23). The molecule has 0 spiro atoms. The summed E-state index contributed by atoms with van der Waals surface area (Å²) in [7, 11) is 1.59. The maximum atomic E-state index is 12.3. The van der Waals surface area contributed by atoms with Crippen LogP contribution in [0.2, 0.25) is 0 Å². The third kappa shape index (κ3) is 3.87. The molecule has 8 nitrogen and oxygen atoms in total. The molecule has 0 saturated heterocycles. The number of carbonyl (C=O) groups is 1. The predicted octanol–water partition coefficient (Wildman–Crippen LogP) is 3.52. The quantitative estimate of drug-likeness (QED) is 0.545. The summed E-state index contributed by atoms with van der Waals surface area (Å²) >= 11 is 1.36. The number of aromatic nitrogens is 3. The van der Waals surface area contributed by atoms with Crippen LogP contribution in [0.4, 0.5) is 5.69 Å². The molecule has 2 aromatic heterocycles. The Morgan fingerprint density at radius 1 is 1.11 bits per heavy atom. The first-order valence-corrected chi connectivity index (χ1v) is 8.84. The van der Waals surface area contributed by atoms with Crippen LogP contribution in [0.5, 0.6) is 11.5 Å². The lowest BCUT2D eigenvalue weighted by Crippen LogP contribution is -2.12. The number of nitrogens with zero attached hydrogens (tertiary/aromatic N) is 3. The van der Waals surface area contributed by atoms with Crippen LogP contribution < -0.4 is 14.8 Å². The molecule has 0 saturated carbocycles. The molecule has 1 amide bonds. The number of rotatable bonds is 6. The molecular formula is C18H14N4O4S. The molecule has 0 atom stereocenters. The van der Waals surface area contributed by atoms with Gasteiger partial charge in [-0.05, 0) is 46.7 Å². The second-order valence-corrected chi connectivity index (χ2v) is 6.46. The normalized spacial score (nSPS) is 10.7. The monoisotopic (exact) mass is 382 g/mol. The predicted molar refractivity (Wildman–Crippen MR) is 99.2 cm³/mol. The summed E-state index contributed by atoms with van der Waals surface area (Å²) in [5, 5.41) is 12.7. The van der Waals surface area contributed by atoms with Crippen molar-refractivity contribution in [2.45, 2.75) is 6.61 Å². The van der Waals surface area contributed by atoms with Crippen molar-refractivity contribution in [3.63, 3.8) is 0 Å². The number of hydrogen-bond acceptors (Lipinski definition) is 8. The van der Waals surface area contributed by atoms with Gasteiger partial charge in [-0.3, -0.25) is 4.79 Å². The van der Waals surface area contributed by atoms with E-state index in [2.05, 4.69) is 25.2 Å². The lowest BCUT2D eigenvalue weighted by molar-refractivity contribution is 0.102. The van der Waals surface area contributed by atoms with Crippen molar-refractivity contribution < 1.29 is 18.9 Å². The third-order valence-electron chi connectivity index (χ3n) is 3.72. The second kappa shape index (κ2) is 7.42. The minimum Gasteiger partial charge on any atom is -0.497 e. The first kappa shape index (κ1) is 17.0. The van der Waals surface area contributed by atoms with Crippen molar-refractivity contribution in [2.75, 3.05) is 12.4 Å². The van der Waals surface area contributed by atoms with Gasteiger partial charge in [0, 0.05) is 17.1 Å². The zero-order valence-electron chi connectivity index (χ0n) is 14.2. The van der Waals surface area contributed by atoms with Gasteiger partial charge in [0.25, 0.3) is 5.91 Å². The van der Waals surface area contributed by atoms with E-state index in [9.17, 15) is 4.79 Å². The molecule has 0 fully saturated rings. The van der Waals surface area contributed by atoms with Crippen LogP contribution in [0.3, 0.4) is 0 Å². The summed E-state index contributed by atoms with van der Waals surface area (Å²) in [5.41, 5.74) is 2.28. The van der Waals surface area contributed by atoms with E-state index < -0.39 is 0 Å². The van der Waals surface area contributed by atoms with E-state index in [0.717, 1.165) is 5.75 Å². The maximum absolute atomic E-state index is 12.3. The summed E-state index contributed by atoms with van der Waals surface area (Å²) in [6.45, 7) is 0.247.